The molecule has 4 nitrogen and oxygen atoms in total. The molecule has 0 aliphatic rings. The van der Waals surface area contributed by atoms with Crippen LogP contribution in [0.3, 0.4) is 0 Å². The van der Waals surface area contributed by atoms with E-state index in [9.17, 15) is 4.79 Å². The predicted molar refractivity (Wildman–Crippen MR) is 92.2 cm³/mol. The molecule has 0 spiro atoms. The maximum atomic E-state index is 12.3. The maximum absolute atomic E-state index is 12.3. The molecule has 1 amide bonds. The summed E-state index contributed by atoms with van der Waals surface area (Å²) in [4.78, 5) is 12.3. The van der Waals surface area contributed by atoms with Crippen LogP contribution in [0.4, 0.5) is 5.69 Å². The van der Waals surface area contributed by atoms with E-state index >= 15 is 0 Å². The van der Waals surface area contributed by atoms with E-state index < -0.39 is 6.10 Å². The molecular weight excluding hydrogens is 290 g/mol. The maximum Gasteiger partial charge on any atom is 0.265 e. The summed E-state index contributed by atoms with van der Waals surface area (Å²) in [6.07, 6.45) is -0.591. The van der Waals surface area contributed by atoms with Crippen molar-refractivity contribution in [2.75, 3.05) is 11.9 Å². The fraction of sp³-hybridized carbons (Fsp3) is 0.316. The summed E-state index contributed by atoms with van der Waals surface area (Å²) in [6.45, 7) is 8.26. The van der Waals surface area contributed by atoms with E-state index in [1.54, 1.807) is 13.0 Å². The zero-order valence-corrected chi connectivity index (χ0v) is 14.1. The minimum absolute atomic E-state index is 0.195. The predicted octanol–water partition coefficient (Wildman–Crippen LogP) is 4.11. The number of anilines is 1. The van der Waals surface area contributed by atoms with Gasteiger partial charge in [0.2, 0.25) is 0 Å². The Labute approximate surface area is 137 Å². The molecule has 0 unspecified atom stereocenters. The van der Waals surface area contributed by atoms with E-state index in [1.807, 2.05) is 57.2 Å². The zero-order valence-electron chi connectivity index (χ0n) is 14.1. The topological polar surface area (TPSA) is 47.6 Å². The van der Waals surface area contributed by atoms with E-state index in [4.69, 9.17) is 9.47 Å². The third kappa shape index (κ3) is 4.49. The van der Waals surface area contributed by atoms with Gasteiger partial charge in [-0.15, -0.1) is 0 Å². The van der Waals surface area contributed by atoms with Gasteiger partial charge in [0, 0.05) is 11.8 Å². The Balaban J connectivity index is 2.02. The van der Waals surface area contributed by atoms with E-state index in [0.29, 0.717) is 12.3 Å². The summed E-state index contributed by atoms with van der Waals surface area (Å²) in [5.74, 6) is 1.27. The summed E-state index contributed by atoms with van der Waals surface area (Å²) < 4.78 is 11.2. The Morgan fingerprint density at radius 2 is 1.91 bits per heavy atom. The number of hydrogen-bond acceptors (Lipinski definition) is 3. The van der Waals surface area contributed by atoms with Crippen molar-refractivity contribution in [3.05, 3.63) is 53.6 Å². The van der Waals surface area contributed by atoms with E-state index in [0.717, 1.165) is 22.6 Å². The van der Waals surface area contributed by atoms with E-state index in [-0.39, 0.29) is 5.91 Å². The van der Waals surface area contributed by atoms with Crippen LogP contribution in [0.2, 0.25) is 0 Å². The average Bonchev–Trinajstić information content (AvgIpc) is 2.52. The fourth-order valence-electron chi connectivity index (χ4n) is 2.17. The van der Waals surface area contributed by atoms with Crippen LogP contribution in [0.1, 0.15) is 25.0 Å². The van der Waals surface area contributed by atoms with Gasteiger partial charge in [-0.05, 0) is 57.0 Å². The Morgan fingerprint density at radius 3 is 2.65 bits per heavy atom. The number of benzene rings is 2. The van der Waals surface area contributed by atoms with Crippen molar-refractivity contribution in [3.8, 4) is 11.5 Å². The number of aryl methyl sites for hydroxylation is 1. The van der Waals surface area contributed by atoms with Crippen molar-refractivity contribution in [1.82, 2.24) is 0 Å². The van der Waals surface area contributed by atoms with Crippen LogP contribution >= 0.6 is 0 Å². The normalized spacial score (nSPS) is 11.7. The number of rotatable bonds is 6. The zero-order chi connectivity index (χ0) is 16.8. The molecule has 0 saturated heterocycles. The smallest absolute Gasteiger partial charge is 0.265 e. The van der Waals surface area contributed by atoms with Crippen LogP contribution in [-0.2, 0) is 4.79 Å². The Hall–Kier alpha value is -2.49. The summed E-state index contributed by atoms with van der Waals surface area (Å²) in [7, 11) is 0. The largest absolute Gasteiger partial charge is 0.494 e. The van der Waals surface area contributed by atoms with E-state index in [2.05, 4.69) is 5.32 Å². The van der Waals surface area contributed by atoms with Crippen LogP contribution in [0.5, 0.6) is 11.5 Å². The highest BCUT2D eigenvalue weighted by atomic mass is 16.5. The molecular formula is C19H23NO3. The molecule has 1 N–H and O–H groups in total. The molecule has 0 aliphatic carbocycles. The lowest BCUT2D eigenvalue weighted by molar-refractivity contribution is -0.122. The summed E-state index contributed by atoms with van der Waals surface area (Å²) in [5.41, 5.74) is 2.88. The van der Waals surface area contributed by atoms with Gasteiger partial charge in [-0.25, -0.2) is 0 Å². The van der Waals surface area contributed by atoms with Gasteiger partial charge in [-0.1, -0.05) is 18.2 Å². The summed E-state index contributed by atoms with van der Waals surface area (Å²) >= 11 is 0. The van der Waals surface area contributed by atoms with Crippen LogP contribution in [0.15, 0.2) is 42.5 Å². The highest BCUT2D eigenvalue weighted by molar-refractivity contribution is 5.94. The van der Waals surface area contributed by atoms with Crippen molar-refractivity contribution in [1.29, 1.82) is 0 Å². The molecule has 0 fully saturated rings. The molecule has 4 heteroatoms. The lowest BCUT2D eigenvalue weighted by Crippen LogP contribution is -2.30. The first-order valence-electron chi connectivity index (χ1n) is 7.78. The van der Waals surface area contributed by atoms with Crippen molar-refractivity contribution in [2.45, 2.75) is 33.8 Å². The second-order valence-electron chi connectivity index (χ2n) is 5.41. The second-order valence-corrected chi connectivity index (χ2v) is 5.41. The number of ether oxygens (including phenoxy) is 2. The summed E-state index contributed by atoms with van der Waals surface area (Å²) in [5, 5.41) is 2.85. The number of carbonyl (C=O) groups excluding carboxylic acids is 1. The molecule has 122 valence electrons. The monoisotopic (exact) mass is 313 g/mol. The molecule has 1 atom stereocenters. The quantitative estimate of drug-likeness (QED) is 0.873. The van der Waals surface area contributed by atoms with Gasteiger partial charge >= 0.3 is 0 Å². The Morgan fingerprint density at radius 1 is 1.17 bits per heavy atom. The van der Waals surface area contributed by atoms with Crippen LogP contribution in [0, 0.1) is 13.8 Å². The first kappa shape index (κ1) is 16.9. The highest BCUT2D eigenvalue weighted by Gasteiger charge is 2.16. The molecule has 0 aliphatic heterocycles. The van der Waals surface area contributed by atoms with Gasteiger partial charge in [-0.3, -0.25) is 4.79 Å². The molecule has 0 aromatic heterocycles. The first-order chi connectivity index (χ1) is 11.0. The van der Waals surface area contributed by atoms with Gasteiger partial charge in [-0.2, -0.15) is 0 Å². The number of hydrogen-bond donors (Lipinski definition) is 1. The lowest BCUT2D eigenvalue weighted by Gasteiger charge is -2.17. The third-order valence-corrected chi connectivity index (χ3v) is 3.64. The van der Waals surface area contributed by atoms with Gasteiger partial charge in [0.05, 0.1) is 6.61 Å². The number of nitrogens with one attached hydrogen (secondary N) is 1. The van der Waals surface area contributed by atoms with Crippen molar-refractivity contribution >= 4 is 11.6 Å². The molecule has 0 saturated carbocycles. The van der Waals surface area contributed by atoms with E-state index in [1.165, 1.54) is 0 Å². The second kappa shape index (κ2) is 7.68. The highest BCUT2D eigenvalue weighted by Crippen LogP contribution is 2.22. The Kier molecular flexibility index (Phi) is 5.63. The molecule has 23 heavy (non-hydrogen) atoms. The fourth-order valence-corrected chi connectivity index (χ4v) is 2.17. The minimum Gasteiger partial charge on any atom is -0.494 e. The van der Waals surface area contributed by atoms with Crippen LogP contribution < -0.4 is 14.8 Å². The van der Waals surface area contributed by atoms with Crippen molar-refractivity contribution in [2.24, 2.45) is 0 Å². The molecule has 0 radical (unpaired) electrons. The van der Waals surface area contributed by atoms with Gasteiger partial charge < -0.3 is 14.8 Å². The molecule has 0 bridgehead atoms. The average molecular weight is 313 g/mol. The van der Waals surface area contributed by atoms with Crippen LogP contribution in [-0.4, -0.2) is 18.6 Å². The molecule has 0 heterocycles. The van der Waals surface area contributed by atoms with Crippen molar-refractivity contribution < 1.29 is 14.3 Å². The number of amides is 1. The Bertz CT molecular complexity index is 682. The standard InChI is InChI=1S/C19H23NO3/c1-5-22-17-10-7-9-16(12-17)20-19(21)15(4)23-18-11-6-8-13(2)14(18)3/h6-12,15H,5H2,1-4H3,(H,20,21)/t15-/m1/s1. The minimum atomic E-state index is -0.591. The third-order valence-electron chi connectivity index (χ3n) is 3.64. The molecule has 2 rings (SSSR count). The number of carbonyl (C=O) groups is 1. The van der Waals surface area contributed by atoms with Gasteiger partial charge in [0.25, 0.3) is 5.91 Å². The molecule has 2 aromatic rings. The first-order valence-corrected chi connectivity index (χ1v) is 7.78. The van der Waals surface area contributed by atoms with Gasteiger partial charge in [0.15, 0.2) is 6.10 Å². The SMILES string of the molecule is CCOc1cccc(NC(=O)[C@@H](C)Oc2cccc(C)c2C)c1. The van der Waals surface area contributed by atoms with Crippen LogP contribution in [0.25, 0.3) is 0 Å². The molecule has 2 aromatic carbocycles. The van der Waals surface area contributed by atoms with Crippen molar-refractivity contribution in [3.63, 3.8) is 0 Å². The van der Waals surface area contributed by atoms with Gasteiger partial charge in [0.1, 0.15) is 11.5 Å². The lowest BCUT2D eigenvalue weighted by atomic mass is 10.1. The summed E-state index contributed by atoms with van der Waals surface area (Å²) in [6, 6.07) is 13.1.